The van der Waals surface area contributed by atoms with Gasteiger partial charge in [-0.3, -0.25) is 0 Å². The third-order valence-corrected chi connectivity index (χ3v) is 3.76. The molecule has 2 rings (SSSR count). The SMILES string of the molecule is Cc1cccc(NC(=O)NC2CCC(C)C2)c1C(=O)O. The molecule has 5 nitrogen and oxygen atoms in total. The van der Waals surface area contributed by atoms with Crippen LogP contribution in [0.3, 0.4) is 0 Å². The third-order valence-electron chi connectivity index (χ3n) is 3.76. The molecule has 0 bridgehead atoms. The molecule has 1 aromatic carbocycles. The Bertz CT molecular complexity index is 528. The molecule has 0 aliphatic heterocycles. The van der Waals surface area contributed by atoms with Gasteiger partial charge in [-0.1, -0.05) is 19.1 Å². The molecule has 5 heteroatoms. The van der Waals surface area contributed by atoms with Crippen molar-refractivity contribution < 1.29 is 14.7 Å². The lowest BCUT2D eigenvalue weighted by molar-refractivity contribution is 0.0697. The molecule has 0 radical (unpaired) electrons. The minimum Gasteiger partial charge on any atom is -0.478 e. The normalized spacial score (nSPS) is 21.5. The van der Waals surface area contributed by atoms with E-state index in [-0.39, 0.29) is 17.6 Å². The van der Waals surface area contributed by atoms with Gasteiger partial charge in [0.05, 0.1) is 11.3 Å². The number of anilines is 1. The predicted octanol–water partition coefficient (Wildman–Crippen LogP) is 3.00. The zero-order valence-electron chi connectivity index (χ0n) is 11.8. The molecule has 1 aliphatic carbocycles. The number of aromatic carboxylic acids is 1. The minimum absolute atomic E-state index is 0.141. The van der Waals surface area contributed by atoms with Gasteiger partial charge in [0.15, 0.2) is 0 Å². The van der Waals surface area contributed by atoms with Gasteiger partial charge in [0.1, 0.15) is 0 Å². The van der Waals surface area contributed by atoms with Crippen molar-refractivity contribution in [1.82, 2.24) is 5.32 Å². The van der Waals surface area contributed by atoms with E-state index in [9.17, 15) is 14.7 Å². The molecule has 0 saturated heterocycles. The highest BCUT2D eigenvalue weighted by Gasteiger charge is 2.23. The van der Waals surface area contributed by atoms with Crippen LogP contribution in [0.25, 0.3) is 0 Å². The van der Waals surface area contributed by atoms with E-state index in [0.29, 0.717) is 17.2 Å². The van der Waals surface area contributed by atoms with Crippen molar-refractivity contribution in [1.29, 1.82) is 0 Å². The van der Waals surface area contributed by atoms with E-state index in [1.54, 1.807) is 25.1 Å². The highest BCUT2D eigenvalue weighted by molar-refractivity contribution is 6.01. The summed E-state index contributed by atoms with van der Waals surface area (Å²) in [5, 5.41) is 14.8. The van der Waals surface area contributed by atoms with E-state index in [1.807, 2.05) is 0 Å². The molecular formula is C15H20N2O3. The van der Waals surface area contributed by atoms with E-state index < -0.39 is 5.97 Å². The smallest absolute Gasteiger partial charge is 0.338 e. The Morgan fingerprint density at radius 3 is 2.65 bits per heavy atom. The molecular weight excluding hydrogens is 256 g/mol. The van der Waals surface area contributed by atoms with Crippen molar-refractivity contribution >= 4 is 17.7 Å². The minimum atomic E-state index is -1.03. The van der Waals surface area contributed by atoms with Crippen LogP contribution in [-0.2, 0) is 0 Å². The first-order valence-corrected chi connectivity index (χ1v) is 6.87. The second kappa shape index (κ2) is 5.94. The van der Waals surface area contributed by atoms with Crippen LogP contribution in [0.2, 0.25) is 0 Å². The number of hydrogen-bond donors (Lipinski definition) is 3. The average molecular weight is 276 g/mol. The number of carboxylic acid groups (broad SMARTS) is 1. The molecule has 1 aromatic rings. The highest BCUT2D eigenvalue weighted by atomic mass is 16.4. The standard InChI is InChI=1S/C15H20N2O3/c1-9-6-7-11(8-9)16-15(20)17-12-5-3-4-10(2)13(12)14(18)19/h3-5,9,11H,6-8H2,1-2H3,(H,18,19)(H2,16,17,20). The lowest BCUT2D eigenvalue weighted by atomic mass is 10.1. The Kier molecular flexibility index (Phi) is 4.27. The molecule has 0 aromatic heterocycles. The van der Waals surface area contributed by atoms with Crippen molar-refractivity contribution in [3.63, 3.8) is 0 Å². The van der Waals surface area contributed by atoms with Gasteiger partial charge in [-0.25, -0.2) is 9.59 Å². The molecule has 0 spiro atoms. The van der Waals surface area contributed by atoms with Crippen LogP contribution < -0.4 is 10.6 Å². The zero-order valence-corrected chi connectivity index (χ0v) is 11.8. The highest BCUT2D eigenvalue weighted by Crippen LogP contribution is 2.25. The van der Waals surface area contributed by atoms with Crippen molar-refractivity contribution in [2.24, 2.45) is 5.92 Å². The summed E-state index contributed by atoms with van der Waals surface area (Å²) in [5.74, 6) is -0.401. The van der Waals surface area contributed by atoms with E-state index in [4.69, 9.17) is 0 Å². The number of carbonyl (C=O) groups is 2. The van der Waals surface area contributed by atoms with Gasteiger partial charge in [-0.15, -0.1) is 0 Å². The summed E-state index contributed by atoms with van der Waals surface area (Å²) in [5.41, 5.74) is 1.10. The Labute approximate surface area is 118 Å². The molecule has 2 unspecified atom stereocenters. The molecule has 108 valence electrons. The molecule has 1 fully saturated rings. The number of carbonyl (C=O) groups excluding carboxylic acids is 1. The lowest BCUT2D eigenvalue weighted by Gasteiger charge is -2.15. The first-order chi connectivity index (χ1) is 9.47. The van der Waals surface area contributed by atoms with Gasteiger partial charge < -0.3 is 15.7 Å². The van der Waals surface area contributed by atoms with Gasteiger partial charge >= 0.3 is 12.0 Å². The Hall–Kier alpha value is -2.04. The van der Waals surface area contributed by atoms with E-state index in [1.165, 1.54) is 0 Å². The summed E-state index contributed by atoms with van der Waals surface area (Å²) >= 11 is 0. The first-order valence-electron chi connectivity index (χ1n) is 6.87. The van der Waals surface area contributed by atoms with Crippen molar-refractivity contribution in [3.8, 4) is 0 Å². The Morgan fingerprint density at radius 2 is 2.05 bits per heavy atom. The fourth-order valence-corrected chi connectivity index (χ4v) is 2.74. The van der Waals surface area contributed by atoms with Crippen molar-refractivity contribution in [3.05, 3.63) is 29.3 Å². The fourth-order valence-electron chi connectivity index (χ4n) is 2.74. The van der Waals surface area contributed by atoms with Gasteiger partial charge in [0.25, 0.3) is 0 Å². The monoisotopic (exact) mass is 276 g/mol. The summed E-state index contributed by atoms with van der Waals surface area (Å²) < 4.78 is 0. The zero-order chi connectivity index (χ0) is 14.7. The third kappa shape index (κ3) is 3.29. The van der Waals surface area contributed by atoms with Gasteiger partial charge in [-0.2, -0.15) is 0 Å². The summed E-state index contributed by atoms with van der Waals surface area (Å²) in [7, 11) is 0. The van der Waals surface area contributed by atoms with E-state index >= 15 is 0 Å². The quantitative estimate of drug-likeness (QED) is 0.794. The number of rotatable bonds is 3. The molecule has 20 heavy (non-hydrogen) atoms. The number of urea groups is 1. The van der Waals surface area contributed by atoms with Crippen LogP contribution in [0, 0.1) is 12.8 Å². The van der Waals surface area contributed by atoms with Crippen LogP contribution in [0.5, 0.6) is 0 Å². The molecule has 2 amide bonds. The van der Waals surface area contributed by atoms with Crippen LogP contribution in [0.1, 0.15) is 42.1 Å². The molecule has 1 aliphatic rings. The van der Waals surface area contributed by atoms with E-state index in [2.05, 4.69) is 17.6 Å². The number of benzene rings is 1. The number of carboxylic acids is 1. The maximum atomic E-state index is 11.9. The molecule has 3 N–H and O–H groups in total. The van der Waals surface area contributed by atoms with E-state index in [0.717, 1.165) is 19.3 Å². The van der Waals surface area contributed by atoms with Crippen molar-refractivity contribution in [2.75, 3.05) is 5.32 Å². The molecule has 2 atom stereocenters. The maximum absolute atomic E-state index is 11.9. The summed E-state index contributed by atoms with van der Waals surface area (Å²) in [4.78, 5) is 23.2. The summed E-state index contributed by atoms with van der Waals surface area (Å²) in [6, 6.07) is 4.90. The van der Waals surface area contributed by atoms with Crippen LogP contribution >= 0.6 is 0 Å². The average Bonchev–Trinajstić information content (AvgIpc) is 2.74. The van der Waals surface area contributed by atoms with Gasteiger partial charge in [0.2, 0.25) is 0 Å². The molecule has 0 heterocycles. The number of hydrogen-bond acceptors (Lipinski definition) is 2. The fraction of sp³-hybridized carbons (Fsp3) is 0.467. The topological polar surface area (TPSA) is 78.4 Å². The van der Waals surface area contributed by atoms with Crippen LogP contribution in [0.4, 0.5) is 10.5 Å². The second-order valence-corrected chi connectivity index (χ2v) is 5.52. The largest absolute Gasteiger partial charge is 0.478 e. The van der Waals surface area contributed by atoms with Crippen LogP contribution in [-0.4, -0.2) is 23.1 Å². The number of amides is 2. The Morgan fingerprint density at radius 1 is 1.30 bits per heavy atom. The van der Waals surface area contributed by atoms with Crippen LogP contribution in [0.15, 0.2) is 18.2 Å². The number of aryl methyl sites for hydroxylation is 1. The Balaban J connectivity index is 2.04. The summed E-state index contributed by atoms with van der Waals surface area (Å²) in [6.07, 6.45) is 3.08. The maximum Gasteiger partial charge on any atom is 0.338 e. The first kappa shape index (κ1) is 14.4. The lowest BCUT2D eigenvalue weighted by Crippen LogP contribution is -2.36. The van der Waals surface area contributed by atoms with Crippen molar-refractivity contribution in [2.45, 2.75) is 39.2 Å². The number of nitrogens with one attached hydrogen (secondary N) is 2. The second-order valence-electron chi connectivity index (χ2n) is 5.52. The van der Waals surface area contributed by atoms with Gasteiger partial charge in [0, 0.05) is 6.04 Å². The predicted molar refractivity (Wildman–Crippen MR) is 77.1 cm³/mol. The molecule has 1 saturated carbocycles. The van der Waals surface area contributed by atoms with Gasteiger partial charge in [-0.05, 0) is 43.7 Å². The summed E-state index contributed by atoms with van der Waals surface area (Å²) in [6.45, 7) is 3.88.